The lowest BCUT2D eigenvalue weighted by Crippen LogP contribution is -2.77. The first-order valence-corrected chi connectivity index (χ1v) is 38.5. The van der Waals surface area contributed by atoms with Gasteiger partial charge in [0, 0.05) is 66.4 Å². The molecule has 11 aromatic carbocycles. The Labute approximate surface area is 594 Å². The fourth-order valence-electron chi connectivity index (χ4n) is 17.0. The molecule has 5 nitrogen and oxygen atoms in total. The van der Waals surface area contributed by atoms with Crippen molar-refractivity contribution in [2.75, 3.05) is 9.80 Å². The molecule has 16 rings (SSSR count). The highest BCUT2D eigenvalue weighted by Crippen LogP contribution is 2.55. The van der Waals surface area contributed by atoms with Gasteiger partial charge in [-0.1, -0.05) is 255 Å². The Morgan fingerprint density at radius 3 is 0.800 bits per heavy atom. The van der Waals surface area contributed by atoms with E-state index in [1.807, 2.05) is 0 Å². The SMILES string of the molecule is CC(C)(C)c1ccc2c(c1)c1cc(C(C)(C)C)ccc1n2-c1cc2c3c(c1)N(c1ccccc1)c1cc(-n4c5cc(C(C)(C)C)ccc5c5ccc(C(C)(C)C)cc54)ccc1[Si]3(C(C)(C)C)c1ccc(-n3c4cc(C(C)(C)C)ccc4c4ccc(C(C)(C)C)cc43)cc1N2c1ccccc1. The Morgan fingerprint density at radius 2 is 0.500 bits per heavy atom. The minimum absolute atomic E-state index is 0.0576. The van der Waals surface area contributed by atoms with Crippen molar-refractivity contribution in [3.05, 3.63) is 252 Å². The zero-order chi connectivity index (χ0) is 70.7. The minimum atomic E-state index is -3.38. The van der Waals surface area contributed by atoms with E-state index in [1.54, 1.807) is 0 Å². The second-order valence-corrected chi connectivity index (χ2v) is 41.1. The third kappa shape index (κ3) is 9.94. The van der Waals surface area contributed by atoms with Gasteiger partial charge in [-0.25, -0.2) is 0 Å². The normalized spacial score (nSPS) is 14.5. The lowest BCUT2D eigenvalue weighted by Gasteiger charge is -2.56. The van der Waals surface area contributed by atoms with Crippen LogP contribution in [0.3, 0.4) is 0 Å². The summed E-state index contributed by atoms with van der Waals surface area (Å²) in [5.74, 6) is 0. The van der Waals surface area contributed by atoms with Gasteiger partial charge in [0.2, 0.25) is 0 Å². The van der Waals surface area contributed by atoms with Crippen molar-refractivity contribution < 1.29 is 0 Å². The second-order valence-electron chi connectivity index (χ2n) is 36.5. The monoisotopic (exact) mass is 1330 g/mol. The van der Waals surface area contributed by atoms with Crippen molar-refractivity contribution >= 4 is 123 Å². The van der Waals surface area contributed by atoms with Crippen molar-refractivity contribution in [2.45, 2.75) is 183 Å². The van der Waals surface area contributed by atoms with Gasteiger partial charge in [-0.3, -0.25) is 0 Å². The predicted octanol–water partition coefficient (Wildman–Crippen LogP) is 24.6. The topological polar surface area (TPSA) is 21.3 Å². The molecule has 0 amide bonds. The Kier molecular flexibility index (Phi) is 14.2. The van der Waals surface area contributed by atoms with E-state index >= 15 is 0 Å². The first kappa shape index (κ1) is 65.3. The number of fused-ring (bicyclic) bond motifs is 13. The summed E-state index contributed by atoms with van der Waals surface area (Å²) in [4.78, 5) is 5.35. The van der Waals surface area contributed by atoms with Crippen molar-refractivity contribution in [3.63, 3.8) is 0 Å². The van der Waals surface area contributed by atoms with E-state index in [-0.39, 0.29) is 37.5 Å². The largest absolute Gasteiger partial charge is 0.310 e. The number of hydrogen-bond acceptors (Lipinski definition) is 2. The summed E-state index contributed by atoms with van der Waals surface area (Å²) < 4.78 is 7.83. The molecular formula is C94H99N5Si. The molecule has 0 radical (unpaired) electrons. The highest BCUT2D eigenvalue weighted by Gasteiger charge is 2.60. The molecule has 0 aliphatic carbocycles. The van der Waals surface area contributed by atoms with Crippen LogP contribution in [0.5, 0.6) is 0 Å². The van der Waals surface area contributed by atoms with Gasteiger partial charge in [0.25, 0.3) is 0 Å². The quantitative estimate of drug-likeness (QED) is 0.160. The lowest BCUT2D eigenvalue weighted by molar-refractivity contribution is 0.590. The van der Waals surface area contributed by atoms with Gasteiger partial charge in [-0.05, 0) is 196 Å². The molecule has 100 heavy (non-hydrogen) atoms. The van der Waals surface area contributed by atoms with E-state index in [0.29, 0.717) is 0 Å². The first-order valence-electron chi connectivity index (χ1n) is 36.5. The van der Waals surface area contributed by atoms with Gasteiger partial charge >= 0.3 is 0 Å². The van der Waals surface area contributed by atoms with Gasteiger partial charge in [0.15, 0.2) is 8.07 Å². The van der Waals surface area contributed by atoms with Crippen LogP contribution in [0, 0.1) is 0 Å². The third-order valence-corrected chi connectivity index (χ3v) is 28.6. The first-order chi connectivity index (χ1) is 47.0. The zero-order valence-corrected chi connectivity index (χ0v) is 64.0. The average molecular weight is 1330 g/mol. The summed E-state index contributed by atoms with van der Waals surface area (Å²) in [7, 11) is -3.38. The van der Waals surface area contributed by atoms with Gasteiger partial charge < -0.3 is 23.5 Å². The van der Waals surface area contributed by atoms with Crippen LogP contribution in [0.4, 0.5) is 34.1 Å². The van der Waals surface area contributed by atoms with E-state index in [4.69, 9.17) is 0 Å². The maximum absolute atomic E-state index is 3.38. The average Bonchev–Trinajstić information content (AvgIpc) is 0.733. The van der Waals surface area contributed by atoms with E-state index in [9.17, 15) is 0 Å². The molecule has 0 fully saturated rings. The second kappa shape index (κ2) is 21.8. The Morgan fingerprint density at radius 1 is 0.220 bits per heavy atom. The predicted molar refractivity (Wildman–Crippen MR) is 435 cm³/mol. The number of rotatable bonds is 5. The van der Waals surface area contributed by atoms with Crippen molar-refractivity contribution in [3.8, 4) is 17.1 Å². The summed E-state index contributed by atoms with van der Waals surface area (Å²) in [6.45, 7) is 49.9. The summed E-state index contributed by atoms with van der Waals surface area (Å²) >= 11 is 0. The number of anilines is 6. The summed E-state index contributed by atoms with van der Waals surface area (Å²) in [6.07, 6.45) is 0. The van der Waals surface area contributed by atoms with Crippen LogP contribution in [0.2, 0.25) is 5.04 Å². The molecule has 0 atom stereocenters. The molecule has 0 spiro atoms. The highest BCUT2D eigenvalue weighted by molar-refractivity contribution is 7.17. The van der Waals surface area contributed by atoms with E-state index in [2.05, 4.69) is 387 Å². The van der Waals surface area contributed by atoms with Crippen LogP contribution in [0.25, 0.3) is 82.5 Å². The number of para-hydroxylation sites is 2. The zero-order valence-electron chi connectivity index (χ0n) is 63.0. The van der Waals surface area contributed by atoms with Gasteiger partial charge in [0.05, 0.1) is 50.2 Å². The number of hydrogen-bond donors (Lipinski definition) is 0. The third-order valence-electron chi connectivity index (χ3n) is 22.6. The van der Waals surface area contributed by atoms with Crippen molar-refractivity contribution in [2.24, 2.45) is 0 Å². The fourth-order valence-corrected chi connectivity index (χ4v) is 23.2. The van der Waals surface area contributed by atoms with Crippen LogP contribution in [0.1, 0.15) is 179 Å². The molecule has 0 unspecified atom stereocenters. The number of nitrogens with zero attached hydrogens (tertiary/aromatic N) is 5. The van der Waals surface area contributed by atoms with Crippen LogP contribution in [-0.2, 0) is 32.5 Å². The summed E-state index contributed by atoms with van der Waals surface area (Å²) in [5, 5.41) is 11.5. The van der Waals surface area contributed by atoms with E-state index < -0.39 is 8.07 Å². The molecule has 5 heterocycles. The molecule has 2 aliphatic rings. The molecule has 3 aromatic heterocycles. The Balaban J connectivity index is 1.09. The minimum Gasteiger partial charge on any atom is -0.310 e. The van der Waals surface area contributed by atoms with Gasteiger partial charge in [-0.15, -0.1) is 0 Å². The Bertz CT molecular complexity index is 5220. The van der Waals surface area contributed by atoms with Gasteiger partial charge in [0.1, 0.15) is 0 Å². The molecule has 0 N–H and O–H groups in total. The smallest absolute Gasteiger partial charge is 0.164 e. The molecule has 0 saturated carbocycles. The number of benzene rings is 11. The lowest BCUT2D eigenvalue weighted by atomic mass is 9.85. The maximum atomic E-state index is 2.68. The highest BCUT2D eigenvalue weighted by atomic mass is 28.3. The Hall–Kier alpha value is -9.36. The van der Waals surface area contributed by atoms with Gasteiger partial charge in [-0.2, -0.15) is 0 Å². The molecule has 0 saturated heterocycles. The van der Waals surface area contributed by atoms with Crippen LogP contribution >= 0.6 is 0 Å². The van der Waals surface area contributed by atoms with Crippen LogP contribution in [-0.4, -0.2) is 21.8 Å². The fraction of sp³-hybridized carbons (Fsp3) is 0.298. The van der Waals surface area contributed by atoms with Crippen molar-refractivity contribution in [1.29, 1.82) is 0 Å². The molecule has 504 valence electrons. The molecule has 14 aromatic rings. The standard InChI is InChI=1S/C94H99N5Si/c1-88(2,3)58-36-44-75-73(48-58)74-49-59(89(4,5)6)37-45-76(74)99(75)68-56-83-87-84(57-68)96(65-30-26-23-27-31-65)82-55-67(98-79-52-62(92(13,14)15)34-42-71(79)72-43-35-63(53-80(72)98)93(16,17)18)39-47-86(82)100(87,94(19,20)21)85-46-38-66(54-81(85)95(83)64-28-24-22-25-29-64)97-77-50-60(90(7,8)9)32-40-69(77)70-41-33-61(51-78(70)97)91(10,11)12/h22-57H,1-21H3. The molecule has 0 bridgehead atoms. The molecule has 6 heteroatoms. The summed E-state index contributed by atoms with van der Waals surface area (Å²) in [6, 6.07) is 86.8. The number of aromatic nitrogens is 3. The van der Waals surface area contributed by atoms with Crippen LogP contribution < -0.4 is 25.4 Å². The van der Waals surface area contributed by atoms with Crippen molar-refractivity contribution in [1.82, 2.24) is 13.7 Å². The molecular weight excluding hydrogens is 1230 g/mol. The van der Waals surface area contributed by atoms with E-state index in [1.165, 1.54) is 137 Å². The summed E-state index contributed by atoms with van der Waals surface area (Å²) in [5.41, 5.74) is 25.4. The van der Waals surface area contributed by atoms with E-state index in [0.717, 1.165) is 28.4 Å². The molecule has 2 aliphatic heterocycles. The van der Waals surface area contributed by atoms with Crippen LogP contribution in [0.15, 0.2) is 218 Å². The maximum Gasteiger partial charge on any atom is 0.164 e.